The molecule has 2 aromatic rings. The molecule has 0 aliphatic rings. The molecule has 0 unspecified atom stereocenters. The van der Waals surface area contributed by atoms with E-state index < -0.39 is 0 Å². The number of fused-ring (bicyclic) bond motifs is 1. The zero-order valence-corrected chi connectivity index (χ0v) is 7.66. The standard InChI is InChI=1S/C9H8N2OS/c12-6-11(13)9-5-7-3-1-2-4-8(7)10-9/h1-6,10,13H. The summed E-state index contributed by atoms with van der Waals surface area (Å²) in [6.45, 7) is 0. The molecule has 2 rings (SSSR count). The SMILES string of the molecule is O=CN(S)c1cc2ccccc2[nH]1. The number of aromatic amines is 1. The Labute approximate surface area is 80.9 Å². The Morgan fingerprint density at radius 3 is 2.85 bits per heavy atom. The third-order valence-electron chi connectivity index (χ3n) is 1.86. The molecule has 1 aromatic carbocycles. The summed E-state index contributed by atoms with van der Waals surface area (Å²) < 4.78 is 1.21. The Morgan fingerprint density at radius 2 is 2.15 bits per heavy atom. The Hall–Kier alpha value is -1.42. The van der Waals surface area contributed by atoms with E-state index in [1.165, 1.54) is 4.31 Å². The van der Waals surface area contributed by atoms with Gasteiger partial charge in [-0.2, -0.15) is 0 Å². The van der Waals surface area contributed by atoms with Crippen LogP contribution >= 0.6 is 12.8 Å². The van der Waals surface area contributed by atoms with E-state index >= 15 is 0 Å². The zero-order valence-electron chi connectivity index (χ0n) is 6.77. The van der Waals surface area contributed by atoms with Crippen molar-refractivity contribution in [2.45, 2.75) is 0 Å². The minimum atomic E-state index is 0.647. The van der Waals surface area contributed by atoms with E-state index in [2.05, 4.69) is 17.8 Å². The Balaban J connectivity index is 2.55. The number of thiol groups is 1. The summed E-state index contributed by atoms with van der Waals surface area (Å²) in [5.74, 6) is 0.680. The lowest BCUT2D eigenvalue weighted by Crippen LogP contribution is -2.05. The molecule has 0 aliphatic carbocycles. The molecule has 0 saturated heterocycles. The molecular weight excluding hydrogens is 184 g/mol. The van der Waals surface area contributed by atoms with Crippen molar-refractivity contribution in [2.75, 3.05) is 4.31 Å². The average molecular weight is 192 g/mol. The average Bonchev–Trinajstić information content (AvgIpc) is 2.59. The molecule has 1 N–H and O–H groups in total. The third-order valence-corrected chi connectivity index (χ3v) is 2.17. The number of H-pyrrole nitrogens is 1. The van der Waals surface area contributed by atoms with Crippen molar-refractivity contribution >= 4 is 35.9 Å². The van der Waals surface area contributed by atoms with Gasteiger partial charge in [0.05, 0.1) is 0 Å². The summed E-state index contributed by atoms with van der Waals surface area (Å²) >= 11 is 3.96. The summed E-state index contributed by atoms with van der Waals surface area (Å²) in [4.78, 5) is 13.5. The normalized spacial score (nSPS) is 10.2. The van der Waals surface area contributed by atoms with Gasteiger partial charge < -0.3 is 4.98 Å². The van der Waals surface area contributed by atoms with Crippen LogP contribution in [-0.4, -0.2) is 11.4 Å². The number of carbonyl (C=O) groups excluding carboxylic acids is 1. The topological polar surface area (TPSA) is 36.1 Å². The molecule has 13 heavy (non-hydrogen) atoms. The second-order valence-electron chi connectivity index (χ2n) is 2.69. The summed E-state index contributed by atoms with van der Waals surface area (Å²) in [6, 6.07) is 9.68. The lowest BCUT2D eigenvalue weighted by Gasteiger charge is -2.03. The van der Waals surface area contributed by atoms with Crippen LogP contribution in [0.15, 0.2) is 30.3 Å². The summed E-state index contributed by atoms with van der Waals surface area (Å²) in [5.41, 5.74) is 0.999. The van der Waals surface area contributed by atoms with E-state index in [0.717, 1.165) is 10.9 Å². The number of carbonyl (C=O) groups is 1. The van der Waals surface area contributed by atoms with Crippen molar-refractivity contribution in [2.24, 2.45) is 0 Å². The third kappa shape index (κ3) is 1.40. The van der Waals surface area contributed by atoms with Crippen LogP contribution in [0.5, 0.6) is 0 Å². The Bertz CT molecular complexity index is 405. The molecule has 0 saturated carbocycles. The Morgan fingerprint density at radius 1 is 1.38 bits per heavy atom. The van der Waals surface area contributed by atoms with Crippen molar-refractivity contribution < 1.29 is 4.79 Å². The van der Waals surface area contributed by atoms with Gasteiger partial charge in [-0.25, -0.2) is 4.31 Å². The van der Waals surface area contributed by atoms with Gasteiger partial charge in [0.15, 0.2) is 0 Å². The molecule has 0 aliphatic heterocycles. The number of hydrogen-bond donors (Lipinski definition) is 2. The fourth-order valence-electron chi connectivity index (χ4n) is 1.24. The first-order valence-electron chi connectivity index (χ1n) is 3.82. The van der Waals surface area contributed by atoms with E-state index in [4.69, 9.17) is 0 Å². The highest BCUT2D eigenvalue weighted by Crippen LogP contribution is 2.21. The molecule has 0 atom stereocenters. The number of hydrogen-bond acceptors (Lipinski definition) is 2. The fourth-order valence-corrected chi connectivity index (χ4v) is 1.35. The van der Waals surface area contributed by atoms with Gasteiger partial charge in [-0.15, -0.1) is 0 Å². The van der Waals surface area contributed by atoms with E-state index in [9.17, 15) is 4.79 Å². The summed E-state index contributed by atoms with van der Waals surface area (Å²) in [7, 11) is 0. The largest absolute Gasteiger partial charge is 0.340 e. The maximum atomic E-state index is 10.4. The first-order valence-corrected chi connectivity index (χ1v) is 4.22. The highest BCUT2D eigenvalue weighted by Gasteiger charge is 2.03. The van der Waals surface area contributed by atoms with Crippen molar-refractivity contribution in [1.29, 1.82) is 0 Å². The van der Waals surface area contributed by atoms with Crippen LogP contribution in [0.4, 0.5) is 5.82 Å². The van der Waals surface area contributed by atoms with Crippen molar-refractivity contribution in [3.05, 3.63) is 30.3 Å². The van der Waals surface area contributed by atoms with E-state index in [1.807, 2.05) is 30.3 Å². The number of rotatable bonds is 2. The van der Waals surface area contributed by atoms with Crippen LogP contribution in [0.3, 0.4) is 0 Å². The van der Waals surface area contributed by atoms with Crippen LogP contribution in [-0.2, 0) is 4.79 Å². The van der Waals surface area contributed by atoms with Crippen molar-refractivity contribution in [3.63, 3.8) is 0 Å². The predicted molar refractivity (Wildman–Crippen MR) is 55.8 cm³/mol. The quantitative estimate of drug-likeness (QED) is 0.554. The number of para-hydroxylation sites is 1. The smallest absolute Gasteiger partial charge is 0.225 e. The van der Waals surface area contributed by atoms with Crippen LogP contribution in [0.25, 0.3) is 10.9 Å². The highest BCUT2D eigenvalue weighted by atomic mass is 32.1. The fraction of sp³-hybridized carbons (Fsp3) is 0. The predicted octanol–water partition coefficient (Wildman–Crippen LogP) is 1.98. The minimum absolute atomic E-state index is 0.647. The van der Waals surface area contributed by atoms with Gasteiger partial charge in [0, 0.05) is 10.9 Å². The molecule has 66 valence electrons. The molecule has 0 spiro atoms. The zero-order chi connectivity index (χ0) is 9.26. The molecule has 4 heteroatoms. The lowest BCUT2D eigenvalue weighted by atomic mass is 10.2. The molecule has 0 fully saturated rings. The molecule has 0 radical (unpaired) electrons. The highest BCUT2D eigenvalue weighted by molar-refractivity contribution is 7.82. The number of benzene rings is 1. The second-order valence-corrected chi connectivity index (χ2v) is 3.12. The lowest BCUT2D eigenvalue weighted by molar-refractivity contribution is -0.106. The van der Waals surface area contributed by atoms with Crippen LogP contribution in [0, 0.1) is 0 Å². The van der Waals surface area contributed by atoms with Gasteiger partial charge >= 0.3 is 0 Å². The molecule has 1 aromatic heterocycles. The molecule has 1 heterocycles. The van der Waals surface area contributed by atoms with E-state index in [-0.39, 0.29) is 0 Å². The van der Waals surface area contributed by atoms with Gasteiger partial charge in [-0.05, 0) is 12.1 Å². The van der Waals surface area contributed by atoms with Gasteiger partial charge in [-0.1, -0.05) is 31.0 Å². The van der Waals surface area contributed by atoms with Gasteiger partial charge in [0.25, 0.3) is 0 Å². The van der Waals surface area contributed by atoms with Gasteiger partial charge in [0.2, 0.25) is 6.41 Å². The number of amides is 1. The van der Waals surface area contributed by atoms with Crippen LogP contribution in [0.2, 0.25) is 0 Å². The number of aromatic nitrogens is 1. The monoisotopic (exact) mass is 192 g/mol. The first-order chi connectivity index (χ1) is 6.31. The summed E-state index contributed by atoms with van der Waals surface area (Å²) in [6.07, 6.45) is 0.647. The van der Waals surface area contributed by atoms with E-state index in [1.54, 1.807) is 0 Å². The maximum absolute atomic E-state index is 10.4. The number of anilines is 1. The maximum Gasteiger partial charge on any atom is 0.225 e. The van der Waals surface area contributed by atoms with Crippen LogP contribution < -0.4 is 4.31 Å². The van der Waals surface area contributed by atoms with Crippen LogP contribution in [0.1, 0.15) is 0 Å². The molecule has 3 nitrogen and oxygen atoms in total. The van der Waals surface area contributed by atoms with E-state index in [0.29, 0.717) is 12.2 Å². The molecule has 0 bridgehead atoms. The number of nitrogens with one attached hydrogen (secondary N) is 1. The second kappa shape index (κ2) is 3.14. The summed E-state index contributed by atoms with van der Waals surface area (Å²) in [5, 5.41) is 1.07. The Kier molecular flexibility index (Phi) is 1.98. The molecular formula is C9H8N2OS. The van der Waals surface area contributed by atoms with Gasteiger partial charge in [0.1, 0.15) is 5.82 Å². The number of nitrogens with zero attached hydrogens (tertiary/aromatic N) is 1. The first kappa shape index (κ1) is 8.19. The minimum Gasteiger partial charge on any atom is -0.340 e. The van der Waals surface area contributed by atoms with Crippen molar-refractivity contribution in [1.82, 2.24) is 4.98 Å². The molecule has 1 amide bonds. The van der Waals surface area contributed by atoms with Crippen molar-refractivity contribution in [3.8, 4) is 0 Å². The van der Waals surface area contributed by atoms with Gasteiger partial charge in [-0.3, -0.25) is 4.79 Å².